The minimum absolute atomic E-state index is 0.0508. The largest absolute Gasteiger partial charge is 0.494 e. The van der Waals surface area contributed by atoms with Gasteiger partial charge in [0.05, 0.1) is 17.7 Å². The molecule has 7 heteroatoms. The highest BCUT2D eigenvalue weighted by Crippen LogP contribution is 2.55. The van der Waals surface area contributed by atoms with E-state index in [4.69, 9.17) is 40.2 Å². The van der Waals surface area contributed by atoms with Gasteiger partial charge in [0.1, 0.15) is 5.75 Å². The van der Waals surface area contributed by atoms with E-state index in [0.29, 0.717) is 20.9 Å². The lowest BCUT2D eigenvalue weighted by molar-refractivity contribution is -0.0101. The Morgan fingerprint density at radius 3 is 2.27 bits per heavy atom. The van der Waals surface area contributed by atoms with Crippen LogP contribution in [0, 0.1) is 17.8 Å². The fraction of sp³-hybridized carbons (Fsp3) is 0.579. The molecule has 4 fully saturated rings. The number of carbonyl (C=O) groups excluding carboxylic acids is 1. The van der Waals surface area contributed by atoms with Gasteiger partial charge < -0.3 is 10.1 Å². The molecule has 0 unspecified atom stereocenters. The molecule has 1 aromatic rings. The minimum atomic E-state index is -0.367. The average molecular weight is 413 g/mol. The molecule has 1 amide bonds. The summed E-state index contributed by atoms with van der Waals surface area (Å²) in [5, 5.41) is 7.31. The number of benzene rings is 1. The Kier molecular flexibility index (Phi) is 4.82. The van der Waals surface area contributed by atoms with E-state index in [1.54, 1.807) is 6.07 Å². The maximum atomic E-state index is 12.7. The van der Waals surface area contributed by atoms with Gasteiger partial charge in [-0.25, -0.2) is 0 Å². The Hall–Kier alpha value is -1.04. The first kappa shape index (κ1) is 18.3. The van der Waals surface area contributed by atoms with Gasteiger partial charge in [0.2, 0.25) is 0 Å². The molecule has 1 aromatic carbocycles. The second kappa shape index (κ2) is 6.84. The third kappa shape index (κ3) is 3.41. The molecule has 0 atom stereocenters. The number of hydrogen-bond acceptors (Lipinski definition) is 3. The van der Waals surface area contributed by atoms with Crippen molar-refractivity contribution in [3.05, 3.63) is 27.7 Å². The average Bonchev–Trinajstić information content (AvgIpc) is 2.52. The van der Waals surface area contributed by atoms with Gasteiger partial charge in [-0.1, -0.05) is 23.2 Å². The number of carbonyl (C=O) groups is 1. The lowest BCUT2D eigenvalue weighted by atomic mass is 9.53. The number of halogens is 2. The van der Waals surface area contributed by atoms with Crippen LogP contribution in [-0.4, -0.2) is 23.7 Å². The summed E-state index contributed by atoms with van der Waals surface area (Å²) in [5.41, 5.74) is 0.328. The zero-order valence-electron chi connectivity index (χ0n) is 14.6. The quantitative estimate of drug-likeness (QED) is 0.713. The molecule has 0 aromatic heterocycles. The van der Waals surface area contributed by atoms with E-state index in [-0.39, 0.29) is 17.0 Å². The van der Waals surface area contributed by atoms with E-state index in [2.05, 4.69) is 10.6 Å². The van der Waals surface area contributed by atoms with Crippen LogP contribution in [-0.2, 0) is 0 Å². The molecule has 0 heterocycles. The summed E-state index contributed by atoms with van der Waals surface area (Å²) in [7, 11) is 1.47. The maximum absolute atomic E-state index is 12.7. The fourth-order valence-corrected chi connectivity index (χ4v) is 6.52. The predicted molar refractivity (Wildman–Crippen MR) is 107 cm³/mol. The summed E-state index contributed by atoms with van der Waals surface area (Å²) in [4.78, 5) is 12.7. The van der Waals surface area contributed by atoms with Crippen LogP contribution in [0.5, 0.6) is 5.75 Å². The van der Waals surface area contributed by atoms with E-state index < -0.39 is 0 Å². The first-order valence-electron chi connectivity index (χ1n) is 9.04. The molecular formula is C19H22Cl2N2O2S. The van der Waals surface area contributed by atoms with Gasteiger partial charge in [-0.2, -0.15) is 0 Å². The van der Waals surface area contributed by atoms with E-state index in [1.807, 2.05) is 0 Å². The Labute approximate surface area is 168 Å². The molecule has 5 rings (SSSR count). The highest BCUT2D eigenvalue weighted by molar-refractivity contribution is 7.80. The number of thiocarbonyl (C=S) groups is 1. The highest BCUT2D eigenvalue weighted by Gasteiger charge is 2.51. The molecule has 4 nitrogen and oxygen atoms in total. The summed E-state index contributed by atoms with van der Waals surface area (Å²) in [6.07, 6.45) is 7.54. The van der Waals surface area contributed by atoms with Crippen molar-refractivity contribution >= 4 is 46.4 Å². The predicted octanol–water partition coefficient (Wildman–Crippen LogP) is 4.58. The van der Waals surface area contributed by atoms with E-state index in [1.165, 1.54) is 32.4 Å². The first-order valence-corrected chi connectivity index (χ1v) is 10.2. The second-order valence-electron chi connectivity index (χ2n) is 8.07. The van der Waals surface area contributed by atoms with Gasteiger partial charge in [-0.3, -0.25) is 10.1 Å². The number of rotatable bonds is 3. The third-order valence-corrected chi connectivity index (χ3v) is 6.80. The van der Waals surface area contributed by atoms with Crippen molar-refractivity contribution < 1.29 is 9.53 Å². The molecular weight excluding hydrogens is 391 g/mol. The SMILES string of the molecule is COc1c(Cl)cc(Cl)cc1C(=O)NC(=S)NC12CC3CC(CC(C3)C1)C2. The van der Waals surface area contributed by atoms with Crippen LogP contribution >= 0.6 is 35.4 Å². The van der Waals surface area contributed by atoms with Crippen molar-refractivity contribution in [1.29, 1.82) is 0 Å². The van der Waals surface area contributed by atoms with Crippen molar-refractivity contribution in [2.24, 2.45) is 17.8 Å². The minimum Gasteiger partial charge on any atom is -0.494 e. The van der Waals surface area contributed by atoms with Crippen molar-refractivity contribution in [3.63, 3.8) is 0 Å². The van der Waals surface area contributed by atoms with Gasteiger partial charge in [0.15, 0.2) is 5.11 Å². The van der Waals surface area contributed by atoms with Crippen molar-refractivity contribution in [2.45, 2.75) is 44.1 Å². The molecule has 140 valence electrons. The Morgan fingerprint density at radius 1 is 1.15 bits per heavy atom. The van der Waals surface area contributed by atoms with Crippen molar-refractivity contribution in [1.82, 2.24) is 10.6 Å². The van der Waals surface area contributed by atoms with Crippen LogP contribution < -0.4 is 15.4 Å². The normalized spacial score (nSPS) is 31.6. The molecule has 4 aliphatic carbocycles. The lowest BCUT2D eigenvalue weighted by Crippen LogP contribution is -2.61. The molecule has 4 bridgehead atoms. The molecule has 2 N–H and O–H groups in total. The number of nitrogens with one attached hydrogen (secondary N) is 2. The number of methoxy groups -OCH3 is 1. The topological polar surface area (TPSA) is 50.4 Å². The zero-order valence-corrected chi connectivity index (χ0v) is 16.9. The van der Waals surface area contributed by atoms with Crippen LogP contribution in [0.2, 0.25) is 10.0 Å². The van der Waals surface area contributed by atoms with Crippen LogP contribution in [0.3, 0.4) is 0 Å². The van der Waals surface area contributed by atoms with E-state index in [9.17, 15) is 4.79 Å². The Morgan fingerprint density at radius 2 is 1.73 bits per heavy atom. The molecule has 0 spiro atoms. The zero-order chi connectivity index (χ0) is 18.5. The summed E-state index contributed by atoms with van der Waals surface area (Å²) >= 11 is 17.6. The van der Waals surface area contributed by atoms with Crippen LogP contribution in [0.15, 0.2) is 12.1 Å². The van der Waals surface area contributed by atoms with Gasteiger partial charge in [-0.15, -0.1) is 0 Å². The second-order valence-corrected chi connectivity index (χ2v) is 9.33. The molecule has 0 radical (unpaired) electrons. The summed E-state index contributed by atoms with van der Waals surface area (Å²) in [6, 6.07) is 3.08. The first-order chi connectivity index (χ1) is 12.4. The Balaban J connectivity index is 1.47. The summed E-state index contributed by atoms with van der Waals surface area (Å²) < 4.78 is 5.25. The standard InChI is InChI=1S/C19H22Cl2N2O2S/c1-25-16-14(5-13(20)6-15(16)21)17(24)22-18(26)23-19-7-10-2-11(8-19)4-12(3-10)9-19/h5-6,10-12H,2-4,7-9H2,1H3,(H2,22,23,24,26). The molecule has 26 heavy (non-hydrogen) atoms. The summed E-state index contributed by atoms with van der Waals surface area (Å²) in [6.45, 7) is 0. The number of amides is 1. The van der Waals surface area contributed by atoms with Crippen LogP contribution in [0.1, 0.15) is 48.9 Å². The van der Waals surface area contributed by atoms with Gasteiger partial charge >= 0.3 is 0 Å². The maximum Gasteiger partial charge on any atom is 0.261 e. The smallest absolute Gasteiger partial charge is 0.261 e. The summed E-state index contributed by atoms with van der Waals surface area (Å²) in [5.74, 6) is 2.34. The third-order valence-electron chi connectivity index (χ3n) is 6.10. The lowest BCUT2D eigenvalue weighted by Gasteiger charge is -2.57. The Bertz CT molecular complexity index is 733. The fourth-order valence-electron chi connectivity index (χ4n) is 5.64. The monoisotopic (exact) mass is 412 g/mol. The van der Waals surface area contributed by atoms with Crippen molar-refractivity contribution in [3.8, 4) is 5.75 Å². The van der Waals surface area contributed by atoms with Gasteiger partial charge in [0, 0.05) is 10.6 Å². The van der Waals surface area contributed by atoms with Crippen LogP contribution in [0.25, 0.3) is 0 Å². The van der Waals surface area contributed by atoms with E-state index >= 15 is 0 Å². The van der Waals surface area contributed by atoms with Crippen LogP contribution in [0.4, 0.5) is 0 Å². The van der Waals surface area contributed by atoms with Gasteiger partial charge in [-0.05, 0) is 80.6 Å². The molecule has 4 aliphatic rings. The number of ether oxygens (including phenoxy) is 1. The molecule has 0 saturated heterocycles. The van der Waals surface area contributed by atoms with E-state index in [0.717, 1.165) is 37.0 Å². The highest BCUT2D eigenvalue weighted by atomic mass is 35.5. The molecule has 0 aliphatic heterocycles. The van der Waals surface area contributed by atoms with Gasteiger partial charge in [0.25, 0.3) is 5.91 Å². The molecule has 4 saturated carbocycles. The number of hydrogen-bond donors (Lipinski definition) is 2. The van der Waals surface area contributed by atoms with Crippen molar-refractivity contribution in [2.75, 3.05) is 7.11 Å².